The van der Waals surface area contributed by atoms with Crippen molar-refractivity contribution in [2.75, 3.05) is 0 Å². The van der Waals surface area contributed by atoms with E-state index in [0.29, 0.717) is 53.3 Å². The van der Waals surface area contributed by atoms with E-state index in [1.807, 2.05) is 0 Å². The van der Waals surface area contributed by atoms with E-state index in [0.717, 1.165) is 0 Å². The largest absolute Gasteiger partial charge is 0.458 e. The molecule has 0 N–H and O–H groups in total. The molecule has 4 bridgehead atoms. The van der Waals surface area contributed by atoms with E-state index in [1.54, 1.807) is 0 Å². The van der Waals surface area contributed by atoms with Crippen molar-refractivity contribution in [2.24, 2.45) is 69.5 Å². The lowest BCUT2D eigenvalue weighted by Crippen LogP contribution is -2.59. The summed E-state index contributed by atoms with van der Waals surface area (Å²) in [6.07, 6.45) is 1.23. The number of hydrogen-bond donors (Lipinski definition) is 0. The van der Waals surface area contributed by atoms with Crippen LogP contribution in [0.2, 0.25) is 0 Å². The lowest BCUT2D eigenvalue weighted by Gasteiger charge is -2.56. The molecule has 0 amide bonds. The molecule has 8 unspecified atom stereocenters. The van der Waals surface area contributed by atoms with Crippen molar-refractivity contribution in [3.05, 3.63) is 12.2 Å². The van der Waals surface area contributed by atoms with Gasteiger partial charge >= 0.3 is 5.97 Å². The number of fused-ring (bicyclic) bond motifs is 1. The number of rotatable bonds is 0. The van der Waals surface area contributed by atoms with Gasteiger partial charge in [-0.25, -0.2) is 0 Å². The van der Waals surface area contributed by atoms with Crippen LogP contribution < -0.4 is 0 Å². The van der Waals surface area contributed by atoms with Gasteiger partial charge in [0.05, 0.1) is 5.41 Å². The third-order valence-corrected chi connectivity index (χ3v) is 12.5. The minimum Gasteiger partial charge on any atom is -0.458 e. The van der Waals surface area contributed by atoms with Crippen molar-refractivity contribution < 1.29 is 9.53 Å². The molecule has 5 fully saturated rings. The maximum Gasteiger partial charge on any atom is 0.313 e. The summed E-state index contributed by atoms with van der Waals surface area (Å²) >= 11 is 0. The van der Waals surface area contributed by atoms with Crippen LogP contribution in [0.5, 0.6) is 0 Å². The zero-order chi connectivity index (χ0) is 20.8. The van der Waals surface area contributed by atoms with Gasteiger partial charge in [0.25, 0.3) is 0 Å². The molecule has 1 heterocycles. The fraction of sp³-hybridized carbons (Fsp3) is 0.885. The molecule has 0 aromatic carbocycles. The number of carbonyl (C=O) groups excluding carboxylic acids is 1. The Morgan fingerprint density at radius 3 is 2.07 bits per heavy atom. The first kappa shape index (κ1) is 19.2. The molecule has 2 nitrogen and oxygen atoms in total. The van der Waals surface area contributed by atoms with Gasteiger partial charge in [0.2, 0.25) is 0 Å². The predicted molar refractivity (Wildman–Crippen MR) is 112 cm³/mol. The summed E-state index contributed by atoms with van der Waals surface area (Å²) in [5.41, 5.74) is 1.28. The fourth-order valence-corrected chi connectivity index (χ4v) is 10.5. The lowest BCUT2D eigenvalue weighted by molar-refractivity contribution is -0.179. The average Bonchev–Trinajstić information content (AvgIpc) is 3.08. The van der Waals surface area contributed by atoms with Gasteiger partial charge in [-0.15, -0.1) is 0 Å². The number of allylic oxidation sites excluding steroid dienone is 1. The van der Waals surface area contributed by atoms with Crippen LogP contribution in [0, 0.1) is 69.5 Å². The van der Waals surface area contributed by atoms with Crippen LogP contribution in [0.1, 0.15) is 68.7 Å². The molecule has 156 valence electrons. The summed E-state index contributed by atoms with van der Waals surface area (Å²) < 4.78 is 6.70. The maximum atomic E-state index is 13.5. The first-order chi connectivity index (χ1) is 12.8. The quantitative estimate of drug-likeness (QED) is 0.380. The van der Waals surface area contributed by atoms with Gasteiger partial charge in [-0.1, -0.05) is 67.5 Å². The van der Waals surface area contributed by atoms with Crippen LogP contribution in [-0.2, 0) is 9.53 Å². The monoisotopic (exact) mass is 384 g/mol. The van der Waals surface area contributed by atoms with E-state index in [1.165, 1.54) is 12.0 Å². The molecule has 4 saturated carbocycles. The predicted octanol–water partition coefficient (Wildman–Crippen LogP) is 5.97. The van der Waals surface area contributed by atoms with Crippen LogP contribution in [0.4, 0.5) is 0 Å². The molecule has 5 rings (SSSR count). The highest BCUT2D eigenvalue weighted by Crippen LogP contribution is 2.84. The van der Waals surface area contributed by atoms with Gasteiger partial charge in [-0.05, 0) is 65.6 Å². The molecular formula is C26H40O2. The third kappa shape index (κ3) is 1.47. The Morgan fingerprint density at radius 2 is 1.46 bits per heavy atom. The molecular weight excluding hydrogens is 344 g/mol. The molecule has 13 atom stereocenters. The molecule has 0 radical (unpaired) electrons. The van der Waals surface area contributed by atoms with E-state index < -0.39 is 0 Å². The summed E-state index contributed by atoms with van der Waals surface area (Å²) in [4.78, 5) is 13.5. The Bertz CT molecular complexity index is 785. The second kappa shape index (κ2) is 4.92. The van der Waals surface area contributed by atoms with Crippen LogP contribution in [0.3, 0.4) is 0 Å². The van der Waals surface area contributed by atoms with E-state index in [9.17, 15) is 4.79 Å². The van der Waals surface area contributed by atoms with Crippen molar-refractivity contribution in [1.29, 1.82) is 0 Å². The second-order valence-electron chi connectivity index (χ2n) is 12.3. The summed E-state index contributed by atoms with van der Waals surface area (Å²) in [6.45, 7) is 26.3. The second-order valence-corrected chi connectivity index (χ2v) is 12.3. The molecule has 0 aromatic rings. The Hall–Kier alpha value is -0.790. The minimum atomic E-state index is -0.347. The standard InChI is InChI=1S/C26H40O2/c1-12-15(4)24(10)21-19(8)25-11-23(9,17(6)18(25)7)14(3)13(2)20(25)26(21,16(12)5)28-22(24)27/h12-16,18-21H,6,11H2,1-5,7-10H3/t12?,13?,14?,15?,16?,18-,19+,20?,21?,23+,24?,25+,26-/m1/s1. The normalized spacial score (nSPS) is 67.2. The van der Waals surface area contributed by atoms with Crippen LogP contribution in [-0.4, -0.2) is 11.6 Å². The highest BCUT2D eigenvalue weighted by Gasteiger charge is 2.86. The Labute approximate surface area is 171 Å². The van der Waals surface area contributed by atoms with E-state index in [-0.39, 0.29) is 27.8 Å². The average molecular weight is 385 g/mol. The first-order valence-corrected chi connectivity index (χ1v) is 11.8. The smallest absolute Gasteiger partial charge is 0.313 e. The molecule has 28 heavy (non-hydrogen) atoms. The lowest BCUT2D eigenvalue weighted by atomic mass is 9.48. The van der Waals surface area contributed by atoms with Crippen molar-refractivity contribution in [2.45, 2.75) is 74.3 Å². The van der Waals surface area contributed by atoms with Crippen LogP contribution in [0.25, 0.3) is 0 Å². The molecule has 1 spiro atoms. The molecule has 5 aliphatic rings. The summed E-state index contributed by atoms with van der Waals surface area (Å²) in [7, 11) is 0. The topological polar surface area (TPSA) is 26.3 Å². The zero-order valence-electron chi connectivity index (χ0n) is 19.4. The van der Waals surface area contributed by atoms with Crippen molar-refractivity contribution in [1.82, 2.24) is 0 Å². The Balaban J connectivity index is 1.82. The van der Waals surface area contributed by atoms with E-state index in [4.69, 9.17) is 4.74 Å². The number of esters is 1. The van der Waals surface area contributed by atoms with Crippen molar-refractivity contribution >= 4 is 5.97 Å². The third-order valence-electron chi connectivity index (χ3n) is 12.5. The fourth-order valence-electron chi connectivity index (χ4n) is 10.5. The molecule has 2 heteroatoms. The van der Waals surface area contributed by atoms with Gasteiger partial charge in [-0.2, -0.15) is 0 Å². The molecule has 4 aliphatic carbocycles. The number of carbonyl (C=O) groups is 1. The maximum absolute atomic E-state index is 13.5. The highest BCUT2D eigenvalue weighted by atomic mass is 16.6. The summed E-state index contributed by atoms with van der Waals surface area (Å²) in [5, 5.41) is 0. The first-order valence-electron chi connectivity index (χ1n) is 11.8. The summed E-state index contributed by atoms with van der Waals surface area (Å²) in [5.74, 6) is 4.30. The Morgan fingerprint density at radius 1 is 0.857 bits per heavy atom. The summed E-state index contributed by atoms with van der Waals surface area (Å²) in [6, 6.07) is 0. The van der Waals surface area contributed by atoms with Gasteiger partial charge < -0.3 is 4.74 Å². The van der Waals surface area contributed by atoms with Crippen molar-refractivity contribution in [3.63, 3.8) is 0 Å². The van der Waals surface area contributed by atoms with Gasteiger partial charge in [-0.3, -0.25) is 4.79 Å². The van der Waals surface area contributed by atoms with Crippen LogP contribution >= 0.6 is 0 Å². The molecule has 1 aliphatic heterocycles. The van der Waals surface area contributed by atoms with Gasteiger partial charge in [0, 0.05) is 11.8 Å². The number of hydrogen-bond acceptors (Lipinski definition) is 2. The van der Waals surface area contributed by atoms with Gasteiger partial charge in [0.1, 0.15) is 5.60 Å². The Kier molecular flexibility index (Phi) is 3.37. The molecule has 1 saturated heterocycles. The SMILES string of the molecule is C=C1[C@@H](C)[C@]23C[C@@]1(C)C(C)C(C)C2[C@]12OC(=O)C(C)(C(C)C(C)C1C)C2[C@@H]3C. The molecule has 0 aromatic heterocycles. The van der Waals surface area contributed by atoms with E-state index in [2.05, 4.69) is 68.9 Å². The van der Waals surface area contributed by atoms with Gasteiger partial charge in [0.15, 0.2) is 0 Å². The number of ether oxygens (including phenoxy) is 1. The minimum absolute atomic E-state index is 0.0977. The zero-order valence-corrected chi connectivity index (χ0v) is 19.4. The van der Waals surface area contributed by atoms with Crippen molar-refractivity contribution in [3.8, 4) is 0 Å². The van der Waals surface area contributed by atoms with Crippen LogP contribution in [0.15, 0.2) is 12.2 Å². The van der Waals surface area contributed by atoms with E-state index >= 15 is 0 Å². The highest BCUT2D eigenvalue weighted by molar-refractivity contribution is 5.82.